The SMILES string of the molecule is CC[C@H](C)[C@@H](C(=O)OC(C)(C)C)N1C2=C(C(=O)c3cccc(OCc4ccccc4)c3C2=O)c2c(O)cc(C)cc2C1O. The van der Waals surface area contributed by atoms with Crippen molar-refractivity contribution in [3.05, 3.63) is 99.7 Å². The van der Waals surface area contributed by atoms with Gasteiger partial charge in [-0.2, -0.15) is 0 Å². The number of rotatable bonds is 7. The number of phenols is 1. The number of benzene rings is 3. The number of aromatic hydroxyl groups is 1. The molecule has 0 fully saturated rings. The number of carbonyl (C=O) groups excluding carboxylic acids is 3. The van der Waals surface area contributed by atoms with Gasteiger partial charge in [-0.25, -0.2) is 4.79 Å². The number of fused-ring (bicyclic) bond motifs is 3. The van der Waals surface area contributed by atoms with Crippen LogP contribution in [-0.2, 0) is 16.1 Å². The lowest BCUT2D eigenvalue weighted by Gasteiger charge is -2.45. The van der Waals surface area contributed by atoms with Crippen molar-refractivity contribution in [2.75, 3.05) is 0 Å². The molecule has 1 aliphatic carbocycles. The number of aryl methyl sites for hydroxylation is 1. The number of aliphatic hydroxyl groups is 1. The zero-order chi connectivity index (χ0) is 31.2. The first kappa shape index (κ1) is 30.0. The highest BCUT2D eigenvalue weighted by Crippen LogP contribution is 2.50. The van der Waals surface area contributed by atoms with Gasteiger partial charge in [0, 0.05) is 16.7 Å². The van der Waals surface area contributed by atoms with Gasteiger partial charge in [-0.3, -0.25) is 9.59 Å². The lowest BCUT2D eigenvalue weighted by atomic mass is 9.77. The zero-order valence-electron chi connectivity index (χ0n) is 25.3. The average Bonchev–Trinajstić information content (AvgIpc) is 2.95. The molecule has 0 amide bonds. The molecule has 43 heavy (non-hydrogen) atoms. The number of Topliss-reactive ketones (excluding diaryl/α,β-unsaturated/α-hetero) is 2. The normalized spacial score (nSPS) is 17.6. The number of aliphatic hydroxyl groups excluding tert-OH is 1. The third-order valence-electron chi connectivity index (χ3n) is 7.89. The molecule has 3 aromatic rings. The number of hydrogen-bond acceptors (Lipinski definition) is 8. The second-order valence-corrected chi connectivity index (χ2v) is 12.2. The summed E-state index contributed by atoms with van der Waals surface area (Å²) in [5.74, 6) is -2.15. The van der Waals surface area contributed by atoms with Crippen LogP contribution >= 0.6 is 0 Å². The van der Waals surface area contributed by atoms with Gasteiger partial charge in [0.1, 0.15) is 35.4 Å². The van der Waals surface area contributed by atoms with Gasteiger partial charge in [-0.1, -0.05) is 68.8 Å². The Kier molecular flexibility index (Phi) is 7.92. The van der Waals surface area contributed by atoms with Crippen LogP contribution in [0.4, 0.5) is 0 Å². The molecule has 0 bridgehead atoms. The second kappa shape index (κ2) is 11.3. The van der Waals surface area contributed by atoms with E-state index < -0.39 is 35.4 Å². The summed E-state index contributed by atoms with van der Waals surface area (Å²) in [7, 11) is 0. The molecule has 2 aliphatic rings. The highest BCUT2D eigenvalue weighted by Gasteiger charge is 2.50. The minimum Gasteiger partial charge on any atom is -0.507 e. The Morgan fingerprint density at radius 1 is 1.00 bits per heavy atom. The molecule has 8 nitrogen and oxygen atoms in total. The van der Waals surface area contributed by atoms with E-state index in [1.807, 2.05) is 44.2 Å². The molecule has 8 heteroatoms. The van der Waals surface area contributed by atoms with Crippen LogP contribution in [0.3, 0.4) is 0 Å². The fraction of sp³-hybridized carbons (Fsp3) is 0.343. The summed E-state index contributed by atoms with van der Waals surface area (Å²) < 4.78 is 11.9. The summed E-state index contributed by atoms with van der Waals surface area (Å²) in [6.07, 6.45) is -1.01. The topological polar surface area (TPSA) is 113 Å². The predicted molar refractivity (Wildman–Crippen MR) is 162 cm³/mol. The van der Waals surface area contributed by atoms with Crippen molar-refractivity contribution in [1.82, 2.24) is 4.90 Å². The summed E-state index contributed by atoms with van der Waals surface area (Å²) in [6.45, 7) is 10.9. The molecule has 0 aromatic heterocycles. The molecule has 0 radical (unpaired) electrons. The van der Waals surface area contributed by atoms with E-state index in [0.29, 0.717) is 12.0 Å². The molecule has 2 N–H and O–H groups in total. The van der Waals surface area contributed by atoms with Crippen LogP contribution in [-0.4, -0.2) is 44.3 Å². The molecule has 0 saturated heterocycles. The fourth-order valence-electron chi connectivity index (χ4n) is 5.80. The first-order chi connectivity index (χ1) is 20.3. The monoisotopic (exact) mass is 583 g/mol. The number of nitrogens with zero attached hydrogens (tertiary/aromatic N) is 1. The van der Waals surface area contributed by atoms with Crippen LogP contribution in [0.1, 0.15) is 90.2 Å². The van der Waals surface area contributed by atoms with E-state index in [0.717, 1.165) is 5.56 Å². The van der Waals surface area contributed by atoms with E-state index in [2.05, 4.69) is 0 Å². The average molecular weight is 584 g/mol. The molecule has 5 rings (SSSR count). The minimum absolute atomic E-state index is 0.0431. The summed E-state index contributed by atoms with van der Waals surface area (Å²) in [5.41, 5.74) is 0.922. The van der Waals surface area contributed by atoms with E-state index in [9.17, 15) is 24.6 Å². The van der Waals surface area contributed by atoms with Gasteiger partial charge in [0.15, 0.2) is 12.0 Å². The second-order valence-electron chi connectivity index (χ2n) is 12.2. The predicted octanol–water partition coefficient (Wildman–Crippen LogP) is 6.13. The molecule has 1 aliphatic heterocycles. The number of esters is 1. The van der Waals surface area contributed by atoms with Crippen LogP contribution in [0.15, 0.2) is 66.4 Å². The molecule has 224 valence electrons. The Hall–Kier alpha value is -4.43. The van der Waals surface area contributed by atoms with Crippen LogP contribution in [0.25, 0.3) is 5.57 Å². The van der Waals surface area contributed by atoms with Crippen molar-refractivity contribution in [3.63, 3.8) is 0 Å². The number of phenolic OH excluding ortho intramolecular Hbond substituents is 1. The van der Waals surface area contributed by atoms with Crippen molar-refractivity contribution in [2.24, 2.45) is 5.92 Å². The van der Waals surface area contributed by atoms with Gasteiger partial charge in [-0.05, 0) is 56.9 Å². The fourth-order valence-corrected chi connectivity index (χ4v) is 5.80. The molecule has 0 saturated carbocycles. The smallest absolute Gasteiger partial charge is 0.329 e. The van der Waals surface area contributed by atoms with E-state index >= 15 is 0 Å². The summed E-state index contributed by atoms with van der Waals surface area (Å²) in [6, 6.07) is 16.3. The Morgan fingerprint density at radius 3 is 2.35 bits per heavy atom. The maximum Gasteiger partial charge on any atom is 0.329 e. The summed E-state index contributed by atoms with van der Waals surface area (Å²) in [5, 5.41) is 23.0. The van der Waals surface area contributed by atoms with Crippen molar-refractivity contribution in [3.8, 4) is 11.5 Å². The third-order valence-corrected chi connectivity index (χ3v) is 7.89. The molecule has 0 spiro atoms. The molecule has 1 unspecified atom stereocenters. The maximum absolute atomic E-state index is 14.6. The third kappa shape index (κ3) is 5.43. The standard InChI is InChI=1S/C35H37NO7/c1-7-20(3)29(34(41)43-35(4,5)6)36-30-28(26-23(33(36)40)16-19(2)17-24(26)37)31(38)22-14-11-15-25(27(22)32(30)39)42-18-21-12-9-8-10-13-21/h8-17,20,29,33,37,40H,7,18H2,1-6H3/t20-,29-,33?/m0/s1. The molecular weight excluding hydrogens is 546 g/mol. The van der Waals surface area contributed by atoms with Gasteiger partial charge in [0.2, 0.25) is 5.78 Å². The first-order valence-electron chi connectivity index (χ1n) is 14.5. The number of hydrogen-bond donors (Lipinski definition) is 2. The number of ether oxygens (including phenoxy) is 2. The Bertz CT molecular complexity index is 1630. The molecule has 3 atom stereocenters. The van der Waals surface area contributed by atoms with Gasteiger partial charge in [0.25, 0.3) is 0 Å². The highest BCUT2D eigenvalue weighted by atomic mass is 16.6. The maximum atomic E-state index is 14.6. The van der Waals surface area contributed by atoms with E-state index in [4.69, 9.17) is 9.47 Å². The van der Waals surface area contributed by atoms with Crippen LogP contribution in [0, 0.1) is 12.8 Å². The Labute approximate surface area is 251 Å². The largest absolute Gasteiger partial charge is 0.507 e. The van der Waals surface area contributed by atoms with Gasteiger partial charge in [0.05, 0.1) is 11.1 Å². The zero-order valence-corrected chi connectivity index (χ0v) is 25.3. The lowest BCUT2D eigenvalue weighted by molar-refractivity contribution is -0.167. The van der Waals surface area contributed by atoms with Crippen molar-refractivity contribution in [2.45, 2.75) is 72.4 Å². The number of allylic oxidation sites excluding steroid dienone is 2. The van der Waals surface area contributed by atoms with Gasteiger partial charge < -0.3 is 24.6 Å². The van der Waals surface area contributed by atoms with Crippen LogP contribution < -0.4 is 4.74 Å². The highest BCUT2D eigenvalue weighted by molar-refractivity contribution is 6.41. The number of ketones is 2. The van der Waals surface area contributed by atoms with Gasteiger partial charge in [-0.15, -0.1) is 0 Å². The molecule has 1 heterocycles. The first-order valence-corrected chi connectivity index (χ1v) is 14.5. The van der Waals surface area contributed by atoms with Crippen molar-refractivity contribution in [1.29, 1.82) is 0 Å². The Morgan fingerprint density at radius 2 is 1.70 bits per heavy atom. The van der Waals surface area contributed by atoms with Crippen molar-refractivity contribution >= 4 is 23.1 Å². The number of carbonyl (C=O) groups is 3. The summed E-state index contributed by atoms with van der Waals surface area (Å²) >= 11 is 0. The van der Waals surface area contributed by atoms with Crippen LogP contribution in [0.2, 0.25) is 0 Å². The molecular formula is C35H37NO7. The molecule has 3 aromatic carbocycles. The summed E-state index contributed by atoms with van der Waals surface area (Å²) in [4.78, 5) is 44.1. The minimum atomic E-state index is -1.53. The Balaban J connectivity index is 1.73. The quantitative estimate of drug-likeness (QED) is 0.319. The van der Waals surface area contributed by atoms with Gasteiger partial charge >= 0.3 is 5.97 Å². The van der Waals surface area contributed by atoms with E-state index in [1.165, 1.54) is 11.0 Å². The van der Waals surface area contributed by atoms with Crippen LogP contribution in [0.5, 0.6) is 11.5 Å². The van der Waals surface area contributed by atoms with Crippen molar-refractivity contribution < 1.29 is 34.1 Å². The van der Waals surface area contributed by atoms with E-state index in [1.54, 1.807) is 52.0 Å². The lowest BCUT2D eigenvalue weighted by Crippen LogP contribution is -2.52. The van der Waals surface area contributed by atoms with E-state index in [-0.39, 0.29) is 57.5 Å².